The molecule has 1 aromatic rings. The Kier molecular flexibility index (Phi) is 3.71. The molecule has 0 unspecified atom stereocenters. The van der Waals surface area contributed by atoms with Crippen molar-refractivity contribution in [3.63, 3.8) is 0 Å². The first-order valence-corrected chi connectivity index (χ1v) is 4.31. The molecule has 0 atom stereocenters. The number of hydrogen-bond donors (Lipinski definition) is 1. The van der Waals surface area contributed by atoms with Crippen molar-refractivity contribution in [3.05, 3.63) is 28.8 Å². The van der Waals surface area contributed by atoms with Gasteiger partial charge in [0.2, 0.25) is 0 Å². The highest BCUT2D eigenvalue weighted by molar-refractivity contribution is 6.31. The number of nitrogen functional groups attached to an aromatic ring is 1. The molecule has 2 N–H and O–H groups in total. The zero-order chi connectivity index (χ0) is 10.6. The molecule has 5 heteroatoms. The van der Waals surface area contributed by atoms with Gasteiger partial charge in [0, 0.05) is 10.7 Å². The molecule has 0 aromatic heterocycles. The van der Waals surface area contributed by atoms with Gasteiger partial charge in [-0.25, -0.2) is 9.18 Å². The number of anilines is 1. The number of hydrogen-bond acceptors (Lipinski definition) is 3. The van der Waals surface area contributed by atoms with Crippen LogP contribution in [-0.4, -0.2) is 19.3 Å². The number of alkyl halides is 1. The maximum absolute atomic E-state index is 11.7. The van der Waals surface area contributed by atoms with Gasteiger partial charge in [0.15, 0.2) is 0 Å². The number of carbonyl (C=O) groups excluding carboxylic acids is 1. The molecule has 3 nitrogen and oxygen atoms in total. The molecule has 0 bridgehead atoms. The van der Waals surface area contributed by atoms with Crippen molar-refractivity contribution in [3.8, 4) is 0 Å². The van der Waals surface area contributed by atoms with E-state index in [0.717, 1.165) is 0 Å². The molecule has 1 rings (SSSR count). The zero-order valence-electron chi connectivity index (χ0n) is 7.30. The minimum atomic E-state index is -0.709. The quantitative estimate of drug-likeness (QED) is 0.623. The first-order chi connectivity index (χ1) is 6.65. The van der Waals surface area contributed by atoms with Crippen LogP contribution in [-0.2, 0) is 4.74 Å². The molecule has 0 amide bonds. The van der Waals surface area contributed by atoms with Gasteiger partial charge in [-0.15, -0.1) is 0 Å². The fourth-order valence-corrected chi connectivity index (χ4v) is 1.11. The summed E-state index contributed by atoms with van der Waals surface area (Å²) < 4.78 is 16.3. The van der Waals surface area contributed by atoms with E-state index in [-0.39, 0.29) is 17.9 Å². The minimum absolute atomic E-state index is 0.197. The Balaban J connectivity index is 2.80. The Labute approximate surface area is 85.6 Å². The van der Waals surface area contributed by atoms with E-state index < -0.39 is 12.6 Å². The molecule has 0 radical (unpaired) electrons. The maximum Gasteiger partial charge on any atom is 0.340 e. The molecule has 0 aliphatic rings. The van der Waals surface area contributed by atoms with Crippen LogP contribution in [0.2, 0.25) is 5.02 Å². The van der Waals surface area contributed by atoms with Gasteiger partial charge >= 0.3 is 5.97 Å². The summed E-state index contributed by atoms with van der Waals surface area (Å²) >= 11 is 5.63. The normalized spacial score (nSPS) is 9.86. The van der Waals surface area contributed by atoms with Crippen LogP contribution in [0.3, 0.4) is 0 Å². The summed E-state index contributed by atoms with van der Waals surface area (Å²) in [6.45, 7) is -0.972. The van der Waals surface area contributed by atoms with E-state index in [1.807, 2.05) is 0 Å². The third kappa shape index (κ3) is 2.60. The molecule has 0 aliphatic carbocycles. The average molecular weight is 218 g/mol. The molecular weight excluding hydrogens is 209 g/mol. The van der Waals surface area contributed by atoms with Gasteiger partial charge in [-0.3, -0.25) is 0 Å². The maximum atomic E-state index is 11.7. The summed E-state index contributed by atoms with van der Waals surface area (Å²) in [6.07, 6.45) is 0. The summed E-state index contributed by atoms with van der Waals surface area (Å²) in [6, 6.07) is 4.40. The lowest BCUT2D eigenvalue weighted by Gasteiger charge is -2.05. The second-order valence-corrected chi connectivity index (χ2v) is 2.99. The summed E-state index contributed by atoms with van der Waals surface area (Å²) in [5.74, 6) is -0.642. The van der Waals surface area contributed by atoms with Gasteiger partial charge in [0.1, 0.15) is 13.3 Å². The van der Waals surface area contributed by atoms with Crippen molar-refractivity contribution in [2.75, 3.05) is 19.0 Å². The molecule has 0 saturated carbocycles. The lowest BCUT2D eigenvalue weighted by molar-refractivity contribution is 0.0482. The van der Waals surface area contributed by atoms with Gasteiger partial charge in [-0.2, -0.15) is 0 Å². The smallest absolute Gasteiger partial charge is 0.340 e. The second kappa shape index (κ2) is 4.81. The lowest BCUT2D eigenvalue weighted by atomic mass is 10.2. The standard InChI is InChI=1S/C9H9ClFNO2/c10-6-1-2-7(8(12)5-6)9(13)14-4-3-11/h1-2,5H,3-4,12H2. The minimum Gasteiger partial charge on any atom is -0.459 e. The van der Waals surface area contributed by atoms with E-state index >= 15 is 0 Å². The molecule has 0 aliphatic heterocycles. The van der Waals surface area contributed by atoms with Crippen molar-refractivity contribution >= 4 is 23.3 Å². The van der Waals surface area contributed by atoms with Crippen LogP contribution < -0.4 is 5.73 Å². The predicted octanol–water partition coefficient (Wildman–Crippen LogP) is 2.05. The van der Waals surface area contributed by atoms with Gasteiger partial charge < -0.3 is 10.5 Å². The van der Waals surface area contributed by atoms with Crippen molar-refractivity contribution < 1.29 is 13.9 Å². The Bertz CT molecular complexity index is 344. The van der Waals surface area contributed by atoms with E-state index in [4.69, 9.17) is 17.3 Å². The Morgan fingerprint density at radius 2 is 2.29 bits per heavy atom. The topological polar surface area (TPSA) is 52.3 Å². The number of nitrogens with two attached hydrogens (primary N) is 1. The van der Waals surface area contributed by atoms with Crippen molar-refractivity contribution in [2.24, 2.45) is 0 Å². The highest BCUT2D eigenvalue weighted by Crippen LogP contribution is 2.18. The van der Waals surface area contributed by atoms with Gasteiger partial charge in [0.25, 0.3) is 0 Å². The summed E-state index contributed by atoms with van der Waals surface area (Å²) in [4.78, 5) is 11.2. The first-order valence-electron chi connectivity index (χ1n) is 3.93. The number of benzene rings is 1. The fraction of sp³-hybridized carbons (Fsp3) is 0.222. The number of ether oxygens (including phenoxy) is 1. The average Bonchev–Trinajstić information content (AvgIpc) is 2.14. The summed E-state index contributed by atoms with van der Waals surface area (Å²) in [5.41, 5.74) is 5.94. The van der Waals surface area contributed by atoms with Crippen LogP contribution in [0.1, 0.15) is 10.4 Å². The van der Waals surface area contributed by atoms with E-state index in [2.05, 4.69) is 4.74 Å². The molecular formula is C9H9ClFNO2. The van der Waals surface area contributed by atoms with E-state index in [0.29, 0.717) is 5.02 Å². The monoisotopic (exact) mass is 217 g/mol. The lowest BCUT2D eigenvalue weighted by Crippen LogP contribution is -2.09. The van der Waals surface area contributed by atoms with Crippen LogP contribution in [0.5, 0.6) is 0 Å². The number of halogens is 2. The molecule has 0 saturated heterocycles. The zero-order valence-corrected chi connectivity index (χ0v) is 8.05. The van der Waals surface area contributed by atoms with Crippen LogP contribution in [0.15, 0.2) is 18.2 Å². The predicted molar refractivity (Wildman–Crippen MR) is 52.1 cm³/mol. The van der Waals surface area contributed by atoms with Crippen LogP contribution in [0, 0.1) is 0 Å². The van der Waals surface area contributed by atoms with Crippen LogP contribution in [0.4, 0.5) is 10.1 Å². The van der Waals surface area contributed by atoms with Gasteiger partial charge in [0.05, 0.1) is 5.56 Å². The van der Waals surface area contributed by atoms with E-state index in [1.54, 1.807) is 0 Å². The van der Waals surface area contributed by atoms with Gasteiger partial charge in [-0.1, -0.05) is 11.6 Å². The Morgan fingerprint density at radius 3 is 2.86 bits per heavy atom. The molecule has 76 valence electrons. The Morgan fingerprint density at radius 1 is 1.57 bits per heavy atom. The third-order valence-corrected chi connectivity index (χ3v) is 1.78. The molecule has 0 spiro atoms. The largest absolute Gasteiger partial charge is 0.459 e. The number of carbonyl (C=O) groups is 1. The van der Waals surface area contributed by atoms with Crippen molar-refractivity contribution in [1.29, 1.82) is 0 Å². The molecule has 0 heterocycles. The third-order valence-electron chi connectivity index (χ3n) is 1.54. The van der Waals surface area contributed by atoms with Crippen molar-refractivity contribution in [2.45, 2.75) is 0 Å². The molecule has 0 fully saturated rings. The van der Waals surface area contributed by atoms with Crippen LogP contribution in [0.25, 0.3) is 0 Å². The first kappa shape index (κ1) is 10.8. The fourth-order valence-electron chi connectivity index (χ4n) is 0.929. The highest BCUT2D eigenvalue weighted by Gasteiger charge is 2.10. The van der Waals surface area contributed by atoms with Gasteiger partial charge in [-0.05, 0) is 18.2 Å². The summed E-state index contributed by atoms with van der Waals surface area (Å²) in [7, 11) is 0. The molecule has 14 heavy (non-hydrogen) atoms. The number of esters is 1. The number of rotatable bonds is 3. The van der Waals surface area contributed by atoms with Crippen LogP contribution >= 0.6 is 11.6 Å². The molecule has 1 aromatic carbocycles. The summed E-state index contributed by atoms with van der Waals surface area (Å²) in [5, 5.41) is 0.435. The van der Waals surface area contributed by atoms with E-state index in [9.17, 15) is 9.18 Å². The highest BCUT2D eigenvalue weighted by atomic mass is 35.5. The van der Waals surface area contributed by atoms with E-state index in [1.165, 1.54) is 18.2 Å². The SMILES string of the molecule is Nc1cc(Cl)ccc1C(=O)OCCF. The van der Waals surface area contributed by atoms with Crippen molar-refractivity contribution in [1.82, 2.24) is 0 Å². The Hall–Kier alpha value is -1.29. The second-order valence-electron chi connectivity index (χ2n) is 2.56.